The number of anilines is 3. The fraction of sp³-hybridized carbons (Fsp3) is 0.154. The fourth-order valence-electron chi connectivity index (χ4n) is 1.62. The van der Waals surface area contributed by atoms with Crippen molar-refractivity contribution in [3.8, 4) is 0 Å². The first-order valence-corrected chi connectivity index (χ1v) is 5.68. The Morgan fingerprint density at radius 2 is 1.89 bits per heavy atom. The van der Waals surface area contributed by atoms with Crippen LogP contribution in [0.3, 0.4) is 0 Å². The van der Waals surface area contributed by atoms with Gasteiger partial charge in [-0.05, 0) is 24.3 Å². The maximum atomic E-state index is 10.7. The van der Waals surface area contributed by atoms with Gasteiger partial charge < -0.3 is 15.3 Å². The summed E-state index contributed by atoms with van der Waals surface area (Å²) in [5.41, 5.74) is 1.81. The molecule has 98 valence electrons. The second kappa shape index (κ2) is 5.34. The van der Waals surface area contributed by atoms with Crippen LogP contribution in [0.25, 0.3) is 0 Å². The molecule has 2 rings (SSSR count). The van der Waals surface area contributed by atoms with Gasteiger partial charge in [0.05, 0.1) is 11.4 Å². The lowest BCUT2D eigenvalue weighted by Gasteiger charge is -2.17. The maximum Gasteiger partial charge on any atom is 0.356 e. The topological polar surface area (TPSA) is 78.4 Å². The number of aromatic carboxylic acids is 1. The van der Waals surface area contributed by atoms with Crippen molar-refractivity contribution in [1.82, 2.24) is 10.2 Å². The molecule has 0 unspecified atom stereocenters. The van der Waals surface area contributed by atoms with Crippen molar-refractivity contribution < 1.29 is 9.90 Å². The molecule has 2 aromatic rings. The van der Waals surface area contributed by atoms with Gasteiger partial charge in [-0.1, -0.05) is 12.1 Å². The molecule has 1 aromatic carbocycles. The van der Waals surface area contributed by atoms with Crippen molar-refractivity contribution in [1.29, 1.82) is 0 Å². The number of nitrogens with one attached hydrogen (secondary N) is 1. The minimum Gasteiger partial charge on any atom is -0.476 e. The van der Waals surface area contributed by atoms with Gasteiger partial charge in [0.2, 0.25) is 0 Å². The Kier molecular flexibility index (Phi) is 3.61. The Morgan fingerprint density at radius 1 is 1.16 bits per heavy atom. The van der Waals surface area contributed by atoms with Crippen molar-refractivity contribution in [3.05, 3.63) is 42.1 Å². The molecule has 0 radical (unpaired) electrons. The summed E-state index contributed by atoms with van der Waals surface area (Å²) in [6.07, 6.45) is 0. The van der Waals surface area contributed by atoms with E-state index >= 15 is 0 Å². The largest absolute Gasteiger partial charge is 0.476 e. The van der Waals surface area contributed by atoms with Crippen LogP contribution in [0, 0.1) is 0 Å². The molecule has 0 fully saturated rings. The van der Waals surface area contributed by atoms with Gasteiger partial charge in [-0.2, -0.15) is 0 Å². The molecule has 2 N–H and O–H groups in total. The molecule has 1 heterocycles. The van der Waals surface area contributed by atoms with E-state index < -0.39 is 5.97 Å². The normalized spacial score (nSPS) is 10.0. The Hall–Kier alpha value is -2.63. The first-order chi connectivity index (χ1) is 9.08. The quantitative estimate of drug-likeness (QED) is 0.873. The van der Waals surface area contributed by atoms with Crippen LogP contribution in [0.2, 0.25) is 0 Å². The van der Waals surface area contributed by atoms with E-state index in [1.54, 1.807) is 6.07 Å². The molecule has 0 aliphatic carbocycles. The van der Waals surface area contributed by atoms with E-state index in [4.69, 9.17) is 5.11 Å². The number of aromatic nitrogens is 2. The SMILES string of the molecule is CN(C)c1ccccc1Nc1ccc(C(=O)O)nn1. The number of carboxylic acid groups (broad SMARTS) is 1. The van der Waals surface area contributed by atoms with Gasteiger partial charge in [0, 0.05) is 14.1 Å². The Labute approximate surface area is 110 Å². The van der Waals surface area contributed by atoms with Crippen LogP contribution < -0.4 is 10.2 Å². The van der Waals surface area contributed by atoms with Crippen molar-refractivity contribution in [3.63, 3.8) is 0 Å². The van der Waals surface area contributed by atoms with Crippen molar-refractivity contribution >= 4 is 23.2 Å². The minimum absolute atomic E-state index is 0.0774. The van der Waals surface area contributed by atoms with Gasteiger partial charge >= 0.3 is 5.97 Å². The molecule has 0 atom stereocenters. The first kappa shape index (κ1) is 12.8. The fourth-order valence-corrected chi connectivity index (χ4v) is 1.62. The van der Waals surface area contributed by atoms with E-state index in [1.807, 2.05) is 43.3 Å². The van der Waals surface area contributed by atoms with Crippen LogP contribution in [0.4, 0.5) is 17.2 Å². The average Bonchev–Trinajstić information content (AvgIpc) is 2.39. The zero-order valence-corrected chi connectivity index (χ0v) is 10.7. The number of rotatable bonds is 4. The lowest BCUT2D eigenvalue weighted by molar-refractivity contribution is 0.0689. The van der Waals surface area contributed by atoms with Gasteiger partial charge in [-0.15, -0.1) is 10.2 Å². The second-order valence-corrected chi connectivity index (χ2v) is 4.15. The standard InChI is InChI=1S/C13H14N4O2/c1-17(2)11-6-4-3-5-9(11)14-12-8-7-10(13(18)19)15-16-12/h3-8H,1-2H3,(H,14,16)(H,18,19). The third kappa shape index (κ3) is 2.98. The Balaban J connectivity index is 2.24. The number of hydrogen-bond acceptors (Lipinski definition) is 5. The molecule has 0 amide bonds. The predicted octanol–water partition coefficient (Wildman–Crippen LogP) is 1.98. The second-order valence-electron chi connectivity index (χ2n) is 4.15. The average molecular weight is 258 g/mol. The zero-order valence-electron chi connectivity index (χ0n) is 10.7. The number of carbonyl (C=O) groups is 1. The number of para-hydroxylation sites is 2. The molecule has 0 saturated carbocycles. The molecule has 0 aliphatic rings. The van der Waals surface area contributed by atoms with Gasteiger partial charge in [0.25, 0.3) is 0 Å². The molecule has 0 spiro atoms. The van der Waals surface area contributed by atoms with Crippen LogP contribution >= 0.6 is 0 Å². The molecule has 0 saturated heterocycles. The summed E-state index contributed by atoms with van der Waals surface area (Å²) in [5, 5.41) is 19.3. The zero-order chi connectivity index (χ0) is 13.8. The third-order valence-electron chi connectivity index (χ3n) is 2.53. The summed E-state index contributed by atoms with van der Waals surface area (Å²) >= 11 is 0. The highest BCUT2D eigenvalue weighted by Crippen LogP contribution is 2.25. The highest BCUT2D eigenvalue weighted by molar-refractivity contribution is 5.85. The summed E-state index contributed by atoms with van der Waals surface area (Å²) < 4.78 is 0. The number of benzene rings is 1. The van der Waals surface area contributed by atoms with Crippen molar-refractivity contribution in [2.75, 3.05) is 24.3 Å². The van der Waals surface area contributed by atoms with Crippen molar-refractivity contribution in [2.24, 2.45) is 0 Å². The molecule has 1 aromatic heterocycles. The summed E-state index contributed by atoms with van der Waals surface area (Å²) in [4.78, 5) is 12.7. The Morgan fingerprint density at radius 3 is 2.47 bits per heavy atom. The van der Waals surface area contributed by atoms with Gasteiger partial charge in [0.1, 0.15) is 0 Å². The number of nitrogens with zero attached hydrogens (tertiary/aromatic N) is 3. The molecule has 0 bridgehead atoms. The summed E-state index contributed by atoms with van der Waals surface area (Å²) in [6.45, 7) is 0. The van der Waals surface area contributed by atoms with E-state index in [9.17, 15) is 4.79 Å². The number of hydrogen-bond donors (Lipinski definition) is 2. The predicted molar refractivity (Wildman–Crippen MR) is 73.0 cm³/mol. The summed E-state index contributed by atoms with van der Waals surface area (Å²) in [6, 6.07) is 10.7. The van der Waals surface area contributed by atoms with Gasteiger partial charge in [0.15, 0.2) is 11.5 Å². The van der Waals surface area contributed by atoms with E-state index in [-0.39, 0.29) is 5.69 Å². The monoisotopic (exact) mass is 258 g/mol. The third-order valence-corrected chi connectivity index (χ3v) is 2.53. The van der Waals surface area contributed by atoms with E-state index in [2.05, 4.69) is 15.5 Å². The van der Waals surface area contributed by atoms with Crippen LogP contribution in [0.1, 0.15) is 10.5 Å². The molecule has 6 heteroatoms. The molecule has 6 nitrogen and oxygen atoms in total. The van der Waals surface area contributed by atoms with E-state index in [0.29, 0.717) is 5.82 Å². The highest BCUT2D eigenvalue weighted by Gasteiger charge is 2.07. The van der Waals surface area contributed by atoms with Crippen LogP contribution in [0.5, 0.6) is 0 Å². The maximum absolute atomic E-state index is 10.7. The van der Waals surface area contributed by atoms with Crippen LogP contribution in [-0.4, -0.2) is 35.4 Å². The molecular formula is C13H14N4O2. The molecule has 19 heavy (non-hydrogen) atoms. The van der Waals surface area contributed by atoms with Crippen LogP contribution in [0.15, 0.2) is 36.4 Å². The summed E-state index contributed by atoms with van der Waals surface area (Å²) in [5.74, 6) is -0.591. The van der Waals surface area contributed by atoms with Gasteiger partial charge in [-0.25, -0.2) is 4.79 Å². The van der Waals surface area contributed by atoms with Crippen molar-refractivity contribution in [2.45, 2.75) is 0 Å². The smallest absolute Gasteiger partial charge is 0.356 e. The lowest BCUT2D eigenvalue weighted by Crippen LogP contribution is -2.11. The first-order valence-electron chi connectivity index (χ1n) is 5.68. The lowest BCUT2D eigenvalue weighted by atomic mass is 10.2. The molecule has 0 aliphatic heterocycles. The minimum atomic E-state index is -1.09. The summed E-state index contributed by atoms with van der Waals surface area (Å²) in [7, 11) is 3.89. The molecular weight excluding hydrogens is 244 g/mol. The number of carboxylic acids is 1. The van der Waals surface area contributed by atoms with E-state index in [1.165, 1.54) is 6.07 Å². The highest BCUT2D eigenvalue weighted by atomic mass is 16.4. The van der Waals surface area contributed by atoms with Crippen LogP contribution in [-0.2, 0) is 0 Å². The Bertz CT molecular complexity index is 581. The van der Waals surface area contributed by atoms with Gasteiger partial charge in [-0.3, -0.25) is 0 Å². The van der Waals surface area contributed by atoms with E-state index in [0.717, 1.165) is 11.4 Å².